The Morgan fingerprint density at radius 3 is 2.57 bits per heavy atom. The van der Waals surface area contributed by atoms with Gasteiger partial charge in [0.15, 0.2) is 0 Å². The Balaban J connectivity index is 1.74. The summed E-state index contributed by atoms with van der Waals surface area (Å²) < 4.78 is 0. The first-order valence-corrected chi connectivity index (χ1v) is 8.30. The van der Waals surface area contributed by atoms with Gasteiger partial charge in [-0.25, -0.2) is 0 Å². The van der Waals surface area contributed by atoms with E-state index in [-0.39, 0.29) is 23.9 Å². The molecule has 1 N–H and O–H groups in total. The van der Waals surface area contributed by atoms with E-state index in [1.807, 2.05) is 13.8 Å². The minimum atomic E-state index is -0.294. The third-order valence-electron chi connectivity index (χ3n) is 5.00. The molecule has 2 aliphatic rings. The summed E-state index contributed by atoms with van der Waals surface area (Å²) in [5.41, 5.74) is 0. The number of carbonyl (C=O) groups is 2. The van der Waals surface area contributed by atoms with Crippen LogP contribution in [0.25, 0.3) is 0 Å². The van der Waals surface area contributed by atoms with Gasteiger partial charge >= 0.3 is 0 Å². The molecule has 0 radical (unpaired) electrons. The first kappa shape index (κ1) is 16.4. The van der Waals surface area contributed by atoms with Crippen LogP contribution in [-0.4, -0.2) is 60.4 Å². The smallest absolute Gasteiger partial charge is 0.247 e. The predicted molar refractivity (Wildman–Crippen MR) is 82.9 cm³/mol. The standard InChI is InChI=1S/C16H29N3O2/c1-4-12(2)19-15(20)11-14(16(19)21)17-8-5-13-6-9-18(3)10-7-13/h12-14,17H,4-11H2,1-3H3. The van der Waals surface area contributed by atoms with E-state index >= 15 is 0 Å². The maximum Gasteiger partial charge on any atom is 0.247 e. The lowest BCUT2D eigenvalue weighted by Crippen LogP contribution is -2.43. The number of imide groups is 1. The average Bonchev–Trinajstić information content (AvgIpc) is 2.75. The summed E-state index contributed by atoms with van der Waals surface area (Å²) in [6.45, 7) is 7.13. The van der Waals surface area contributed by atoms with Crippen LogP contribution in [0.5, 0.6) is 0 Å². The van der Waals surface area contributed by atoms with Gasteiger partial charge in [0, 0.05) is 6.04 Å². The third-order valence-corrected chi connectivity index (χ3v) is 5.00. The average molecular weight is 295 g/mol. The van der Waals surface area contributed by atoms with Gasteiger partial charge in [-0.2, -0.15) is 0 Å². The fourth-order valence-electron chi connectivity index (χ4n) is 3.27. The molecule has 2 heterocycles. The molecule has 0 aliphatic carbocycles. The Hall–Kier alpha value is -0.940. The molecule has 120 valence electrons. The van der Waals surface area contributed by atoms with E-state index in [4.69, 9.17) is 0 Å². The lowest BCUT2D eigenvalue weighted by molar-refractivity contribution is -0.141. The van der Waals surface area contributed by atoms with Crippen molar-refractivity contribution in [2.24, 2.45) is 5.92 Å². The van der Waals surface area contributed by atoms with Crippen LogP contribution in [0, 0.1) is 5.92 Å². The number of nitrogens with one attached hydrogen (secondary N) is 1. The highest BCUT2D eigenvalue weighted by atomic mass is 16.2. The Labute approximate surface area is 128 Å². The molecule has 5 heteroatoms. The summed E-state index contributed by atoms with van der Waals surface area (Å²) in [6.07, 6.45) is 4.74. The van der Waals surface area contributed by atoms with Crippen LogP contribution in [0.4, 0.5) is 0 Å². The molecular weight excluding hydrogens is 266 g/mol. The lowest BCUT2D eigenvalue weighted by atomic mass is 9.94. The summed E-state index contributed by atoms with van der Waals surface area (Å²) >= 11 is 0. The van der Waals surface area contributed by atoms with Crippen molar-refractivity contribution in [3.05, 3.63) is 0 Å². The van der Waals surface area contributed by atoms with Crippen molar-refractivity contribution in [2.75, 3.05) is 26.7 Å². The number of hydrogen-bond donors (Lipinski definition) is 1. The Morgan fingerprint density at radius 2 is 1.95 bits per heavy atom. The summed E-state index contributed by atoms with van der Waals surface area (Å²) in [6, 6.07) is -0.275. The van der Waals surface area contributed by atoms with Crippen LogP contribution in [0.1, 0.15) is 46.0 Å². The van der Waals surface area contributed by atoms with Crippen molar-refractivity contribution in [3.8, 4) is 0 Å². The molecule has 2 saturated heterocycles. The lowest BCUT2D eigenvalue weighted by Gasteiger charge is -2.29. The van der Waals surface area contributed by atoms with Crippen molar-refractivity contribution in [1.29, 1.82) is 0 Å². The second kappa shape index (κ2) is 7.36. The molecule has 21 heavy (non-hydrogen) atoms. The molecule has 0 bridgehead atoms. The minimum absolute atomic E-state index is 0.0191. The normalized spacial score (nSPS) is 26.6. The van der Waals surface area contributed by atoms with Gasteiger partial charge in [0.1, 0.15) is 0 Å². The molecule has 2 aliphatic heterocycles. The molecule has 5 nitrogen and oxygen atoms in total. The predicted octanol–water partition coefficient (Wildman–Crippen LogP) is 1.23. The van der Waals surface area contributed by atoms with Gasteiger partial charge in [-0.15, -0.1) is 0 Å². The molecule has 0 aromatic heterocycles. The molecule has 0 aromatic carbocycles. The summed E-state index contributed by atoms with van der Waals surface area (Å²) in [7, 11) is 2.17. The van der Waals surface area contributed by atoms with Gasteiger partial charge < -0.3 is 10.2 Å². The molecule has 0 saturated carbocycles. The molecule has 0 spiro atoms. The van der Waals surface area contributed by atoms with Gasteiger partial charge in [-0.1, -0.05) is 6.92 Å². The quantitative estimate of drug-likeness (QED) is 0.749. The van der Waals surface area contributed by atoms with Crippen molar-refractivity contribution in [1.82, 2.24) is 15.1 Å². The van der Waals surface area contributed by atoms with Crippen LogP contribution in [0.3, 0.4) is 0 Å². The van der Waals surface area contributed by atoms with E-state index in [9.17, 15) is 9.59 Å². The molecule has 0 aromatic rings. The number of rotatable bonds is 6. The third kappa shape index (κ3) is 4.04. The van der Waals surface area contributed by atoms with Crippen LogP contribution < -0.4 is 5.32 Å². The van der Waals surface area contributed by atoms with Crippen LogP contribution in [0.15, 0.2) is 0 Å². The number of nitrogens with zero attached hydrogens (tertiary/aromatic N) is 2. The van der Waals surface area contributed by atoms with E-state index in [2.05, 4.69) is 17.3 Å². The SMILES string of the molecule is CCC(C)N1C(=O)CC(NCCC2CCN(C)CC2)C1=O. The summed E-state index contributed by atoms with van der Waals surface area (Å²) in [4.78, 5) is 28.1. The maximum atomic E-state index is 12.3. The van der Waals surface area contributed by atoms with E-state index in [1.165, 1.54) is 30.8 Å². The fraction of sp³-hybridized carbons (Fsp3) is 0.875. The molecular formula is C16H29N3O2. The fourth-order valence-corrected chi connectivity index (χ4v) is 3.27. The zero-order valence-electron chi connectivity index (χ0n) is 13.6. The van der Waals surface area contributed by atoms with Gasteiger partial charge in [-0.05, 0) is 65.2 Å². The van der Waals surface area contributed by atoms with Crippen molar-refractivity contribution >= 4 is 11.8 Å². The zero-order chi connectivity index (χ0) is 15.4. The number of hydrogen-bond acceptors (Lipinski definition) is 4. The summed E-state index contributed by atoms with van der Waals surface area (Å²) in [5, 5.41) is 3.30. The van der Waals surface area contributed by atoms with E-state index in [0.29, 0.717) is 6.42 Å². The van der Waals surface area contributed by atoms with E-state index < -0.39 is 0 Å². The molecule has 2 rings (SSSR count). The Bertz CT molecular complexity index is 378. The number of amides is 2. The van der Waals surface area contributed by atoms with Gasteiger partial charge in [-0.3, -0.25) is 14.5 Å². The van der Waals surface area contributed by atoms with Crippen LogP contribution in [-0.2, 0) is 9.59 Å². The van der Waals surface area contributed by atoms with E-state index in [1.54, 1.807) is 0 Å². The van der Waals surface area contributed by atoms with Crippen LogP contribution in [0.2, 0.25) is 0 Å². The molecule has 2 amide bonds. The highest BCUT2D eigenvalue weighted by Crippen LogP contribution is 2.20. The second-order valence-electron chi connectivity index (χ2n) is 6.61. The second-order valence-corrected chi connectivity index (χ2v) is 6.61. The zero-order valence-corrected chi connectivity index (χ0v) is 13.6. The first-order valence-electron chi connectivity index (χ1n) is 8.30. The van der Waals surface area contributed by atoms with Gasteiger partial charge in [0.2, 0.25) is 11.8 Å². The first-order chi connectivity index (χ1) is 10.0. The Morgan fingerprint density at radius 1 is 1.29 bits per heavy atom. The molecule has 2 unspecified atom stereocenters. The molecule has 2 fully saturated rings. The minimum Gasteiger partial charge on any atom is -0.306 e. The van der Waals surface area contributed by atoms with Crippen molar-refractivity contribution in [3.63, 3.8) is 0 Å². The highest BCUT2D eigenvalue weighted by molar-refractivity contribution is 6.05. The monoisotopic (exact) mass is 295 g/mol. The van der Waals surface area contributed by atoms with Gasteiger partial charge in [0.05, 0.1) is 12.5 Å². The van der Waals surface area contributed by atoms with Crippen LogP contribution >= 0.6 is 0 Å². The van der Waals surface area contributed by atoms with Crippen molar-refractivity contribution in [2.45, 2.75) is 58.0 Å². The molecule has 2 atom stereocenters. The van der Waals surface area contributed by atoms with Gasteiger partial charge in [0.25, 0.3) is 0 Å². The highest BCUT2D eigenvalue weighted by Gasteiger charge is 2.40. The topological polar surface area (TPSA) is 52.7 Å². The largest absolute Gasteiger partial charge is 0.306 e. The summed E-state index contributed by atoms with van der Waals surface area (Å²) in [5.74, 6) is 0.704. The number of piperidine rings is 1. The van der Waals surface area contributed by atoms with E-state index in [0.717, 1.165) is 25.3 Å². The number of carbonyl (C=O) groups excluding carboxylic acids is 2. The maximum absolute atomic E-state index is 12.3. The van der Waals surface area contributed by atoms with Crippen molar-refractivity contribution < 1.29 is 9.59 Å². The number of likely N-dealkylation sites (tertiary alicyclic amines) is 2. The Kier molecular flexibility index (Phi) is 5.76.